The maximum atomic E-state index is 13.3. The highest BCUT2D eigenvalue weighted by Crippen LogP contribution is 2.41. The molecule has 1 atom stereocenters. The Labute approximate surface area is 171 Å². The predicted octanol–water partition coefficient (Wildman–Crippen LogP) is 3.25. The monoisotopic (exact) mass is 405 g/mol. The lowest BCUT2D eigenvalue weighted by molar-refractivity contribution is -0.132. The second-order valence-corrected chi connectivity index (χ2v) is 6.50. The van der Waals surface area contributed by atoms with Gasteiger partial charge in [-0.1, -0.05) is 12.1 Å². The van der Waals surface area contributed by atoms with E-state index < -0.39 is 29.3 Å². The van der Waals surface area contributed by atoms with Gasteiger partial charge in [-0.15, -0.1) is 0 Å². The van der Waals surface area contributed by atoms with Gasteiger partial charge < -0.3 is 9.84 Å². The molecule has 0 saturated carbocycles. The average Bonchev–Trinajstić information content (AvgIpc) is 3.05. The molecule has 1 unspecified atom stereocenters. The van der Waals surface area contributed by atoms with Crippen LogP contribution in [0.1, 0.15) is 17.2 Å². The van der Waals surface area contributed by atoms with Crippen LogP contribution in [-0.4, -0.2) is 33.9 Å². The molecule has 7 nitrogen and oxygen atoms in total. The van der Waals surface area contributed by atoms with Crippen LogP contribution in [0.2, 0.25) is 0 Å². The summed E-state index contributed by atoms with van der Waals surface area (Å²) in [4.78, 5) is 35.2. The molecule has 1 fully saturated rings. The van der Waals surface area contributed by atoms with Crippen molar-refractivity contribution >= 4 is 23.4 Å². The van der Waals surface area contributed by atoms with E-state index in [-0.39, 0.29) is 17.1 Å². The standard InChI is InChI=1S/C22H16FN3O4/c1-30-16-5-2-4-14(12-16)18-17(19(27)13-6-8-15(23)9-7-13)20(28)21(29)26(18)22-24-10-3-11-25-22/h2-12,18,27H,1H3/b19-17-. The fourth-order valence-corrected chi connectivity index (χ4v) is 3.34. The van der Waals surface area contributed by atoms with Crippen molar-refractivity contribution in [3.63, 3.8) is 0 Å². The van der Waals surface area contributed by atoms with Gasteiger partial charge in [0.1, 0.15) is 17.3 Å². The first kappa shape index (κ1) is 19.3. The van der Waals surface area contributed by atoms with Crippen molar-refractivity contribution in [3.8, 4) is 5.75 Å². The Hall–Kier alpha value is -4.07. The number of aliphatic hydroxyl groups excluding tert-OH is 1. The third-order valence-corrected chi connectivity index (χ3v) is 4.74. The number of aromatic nitrogens is 2. The van der Waals surface area contributed by atoms with Gasteiger partial charge in [0.05, 0.1) is 18.7 Å². The van der Waals surface area contributed by atoms with Crippen molar-refractivity contribution in [1.29, 1.82) is 0 Å². The number of methoxy groups -OCH3 is 1. The SMILES string of the molecule is COc1cccc(C2/C(=C(/O)c3ccc(F)cc3)C(=O)C(=O)N2c2ncccn2)c1. The number of carbonyl (C=O) groups is 2. The summed E-state index contributed by atoms with van der Waals surface area (Å²) in [5, 5.41) is 10.9. The highest BCUT2D eigenvalue weighted by molar-refractivity contribution is 6.51. The molecule has 1 N–H and O–H groups in total. The van der Waals surface area contributed by atoms with Crippen molar-refractivity contribution < 1.29 is 23.8 Å². The summed E-state index contributed by atoms with van der Waals surface area (Å²) in [7, 11) is 1.49. The lowest BCUT2D eigenvalue weighted by Crippen LogP contribution is -2.31. The highest BCUT2D eigenvalue weighted by Gasteiger charge is 2.48. The number of halogens is 1. The van der Waals surface area contributed by atoms with Gasteiger partial charge >= 0.3 is 5.91 Å². The number of Topliss-reactive ketones (excluding diaryl/α,β-unsaturated/α-hetero) is 1. The summed E-state index contributed by atoms with van der Waals surface area (Å²) < 4.78 is 18.6. The zero-order valence-corrected chi connectivity index (χ0v) is 15.8. The molecule has 0 aliphatic carbocycles. The van der Waals surface area contributed by atoms with Gasteiger partial charge in [0.15, 0.2) is 0 Å². The number of aliphatic hydroxyl groups is 1. The van der Waals surface area contributed by atoms with E-state index in [0.29, 0.717) is 11.3 Å². The fraction of sp³-hybridized carbons (Fsp3) is 0.0909. The Morgan fingerprint density at radius 3 is 2.43 bits per heavy atom. The first-order valence-electron chi connectivity index (χ1n) is 8.99. The van der Waals surface area contributed by atoms with Crippen molar-refractivity contribution in [3.05, 3.63) is 89.5 Å². The Morgan fingerprint density at radius 2 is 1.77 bits per heavy atom. The van der Waals surface area contributed by atoms with Crippen LogP contribution in [-0.2, 0) is 9.59 Å². The molecule has 0 spiro atoms. The maximum absolute atomic E-state index is 13.3. The van der Waals surface area contributed by atoms with Crippen LogP contribution in [0.4, 0.5) is 10.3 Å². The molecule has 30 heavy (non-hydrogen) atoms. The highest BCUT2D eigenvalue weighted by atomic mass is 19.1. The minimum atomic E-state index is -0.993. The number of amides is 1. The number of carbonyl (C=O) groups excluding carboxylic acids is 2. The minimum Gasteiger partial charge on any atom is -0.507 e. The van der Waals surface area contributed by atoms with E-state index in [0.717, 1.165) is 17.0 Å². The molecule has 1 aliphatic heterocycles. The van der Waals surface area contributed by atoms with Gasteiger partial charge in [-0.25, -0.2) is 14.4 Å². The van der Waals surface area contributed by atoms with Gasteiger partial charge in [0, 0.05) is 18.0 Å². The van der Waals surface area contributed by atoms with Crippen LogP contribution >= 0.6 is 0 Å². The number of hydrogen-bond donors (Lipinski definition) is 1. The molecule has 3 aromatic rings. The van der Waals surface area contributed by atoms with Crippen LogP contribution in [0.15, 0.2) is 72.6 Å². The molecule has 1 saturated heterocycles. The van der Waals surface area contributed by atoms with E-state index >= 15 is 0 Å². The first-order valence-corrected chi connectivity index (χ1v) is 8.99. The molecule has 1 aromatic heterocycles. The Kier molecular flexibility index (Phi) is 4.97. The van der Waals surface area contributed by atoms with Crippen molar-refractivity contribution in [2.75, 3.05) is 12.0 Å². The molecule has 2 heterocycles. The smallest absolute Gasteiger partial charge is 0.302 e. The van der Waals surface area contributed by atoms with E-state index in [1.165, 1.54) is 31.6 Å². The molecule has 150 valence electrons. The minimum absolute atomic E-state index is 0.0191. The number of ether oxygens (including phenoxy) is 1. The number of anilines is 1. The fourth-order valence-electron chi connectivity index (χ4n) is 3.34. The molecular weight excluding hydrogens is 389 g/mol. The molecule has 1 aliphatic rings. The third-order valence-electron chi connectivity index (χ3n) is 4.74. The second-order valence-electron chi connectivity index (χ2n) is 6.50. The predicted molar refractivity (Wildman–Crippen MR) is 106 cm³/mol. The summed E-state index contributed by atoms with van der Waals surface area (Å²) in [6, 6.07) is 12.4. The van der Waals surface area contributed by atoms with Gasteiger partial charge in [-0.2, -0.15) is 0 Å². The average molecular weight is 405 g/mol. The lowest BCUT2D eigenvalue weighted by atomic mass is 9.95. The van der Waals surface area contributed by atoms with Crippen molar-refractivity contribution in [2.24, 2.45) is 0 Å². The van der Waals surface area contributed by atoms with E-state index in [9.17, 15) is 19.1 Å². The first-order chi connectivity index (χ1) is 14.5. The van der Waals surface area contributed by atoms with E-state index in [2.05, 4.69) is 9.97 Å². The van der Waals surface area contributed by atoms with Gasteiger partial charge in [-0.05, 0) is 48.0 Å². The van der Waals surface area contributed by atoms with Gasteiger partial charge in [-0.3, -0.25) is 14.5 Å². The van der Waals surface area contributed by atoms with Crippen LogP contribution in [0.5, 0.6) is 5.75 Å². The second kappa shape index (κ2) is 7.75. The van der Waals surface area contributed by atoms with Crippen LogP contribution in [0, 0.1) is 5.82 Å². The molecule has 0 bridgehead atoms. The van der Waals surface area contributed by atoms with E-state index in [4.69, 9.17) is 4.74 Å². The summed E-state index contributed by atoms with van der Waals surface area (Å²) in [6.07, 6.45) is 2.90. The summed E-state index contributed by atoms with van der Waals surface area (Å²) in [5.74, 6) is -2.15. The van der Waals surface area contributed by atoms with Crippen molar-refractivity contribution in [2.45, 2.75) is 6.04 Å². The molecule has 0 radical (unpaired) electrons. The number of hydrogen-bond acceptors (Lipinski definition) is 6. The number of benzene rings is 2. The summed E-state index contributed by atoms with van der Waals surface area (Å²) in [6.45, 7) is 0. The third kappa shape index (κ3) is 3.28. The van der Waals surface area contributed by atoms with Crippen LogP contribution < -0.4 is 9.64 Å². The normalized spacial score (nSPS) is 17.9. The van der Waals surface area contributed by atoms with Gasteiger partial charge in [0.2, 0.25) is 5.95 Å². The molecule has 4 rings (SSSR count). The number of rotatable bonds is 4. The van der Waals surface area contributed by atoms with Crippen LogP contribution in [0.25, 0.3) is 5.76 Å². The topological polar surface area (TPSA) is 92.6 Å². The maximum Gasteiger partial charge on any atom is 0.302 e. The Morgan fingerprint density at radius 1 is 1.07 bits per heavy atom. The Bertz CT molecular complexity index is 1150. The largest absolute Gasteiger partial charge is 0.507 e. The van der Waals surface area contributed by atoms with Crippen LogP contribution in [0.3, 0.4) is 0 Å². The zero-order chi connectivity index (χ0) is 21.3. The summed E-state index contributed by atoms with van der Waals surface area (Å²) in [5.41, 5.74) is 0.577. The summed E-state index contributed by atoms with van der Waals surface area (Å²) >= 11 is 0. The number of nitrogens with zero attached hydrogens (tertiary/aromatic N) is 3. The van der Waals surface area contributed by atoms with Crippen molar-refractivity contribution in [1.82, 2.24) is 9.97 Å². The molecule has 1 amide bonds. The van der Waals surface area contributed by atoms with E-state index in [1.807, 2.05) is 0 Å². The quantitative estimate of drug-likeness (QED) is 0.407. The lowest BCUT2D eigenvalue weighted by Gasteiger charge is -2.23. The molecule has 2 aromatic carbocycles. The molecule has 8 heteroatoms. The number of ketones is 1. The molecular formula is C22H16FN3O4. The zero-order valence-electron chi connectivity index (χ0n) is 15.8. The Balaban J connectivity index is 1.95. The van der Waals surface area contributed by atoms with E-state index in [1.54, 1.807) is 30.3 Å². The van der Waals surface area contributed by atoms with Gasteiger partial charge in [0.25, 0.3) is 5.78 Å².